The fourth-order valence-corrected chi connectivity index (χ4v) is 1.86. The summed E-state index contributed by atoms with van der Waals surface area (Å²) in [6.07, 6.45) is 3.07. The summed E-state index contributed by atoms with van der Waals surface area (Å²) >= 11 is 0. The first kappa shape index (κ1) is 12.0. The molecule has 2 heterocycles. The molecule has 0 saturated heterocycles. The van der Waals surface area contributed by atoms with Crippen molar-refractivity contribution in [3.05, 3.63) is 54.5 Å². The van der Waals surface area contributed by atoms with Gasteiger partial charge in [-0.15, -0.1) is 0 Å². The van der Waals surface area contributed by atoms with E-state index in [2.05, 4.69) is 20.3 Å². The number of fused-ring (bicyclic) bond motifs is 1. The first-order chi connectivity index (χ1) is 9.74. The Morgan fingerprint density at radius 2 is 2.00 bits per heavy atom. The summed E-state index contributed by atoms with van der Waals surface area (Å²) in [7, 11) is 0. The number of carboxylic acid groups (broad SMARTS) is 1. The van der Waals surface area contributed by atoms with Crippen molar-refractivity contribution in [3.63, 3.8) is 0 Å². The number of anilines is 2. The Balaban J connectivity index is 2.01. The van der Waals surface area contributed by atoms with Crippen LogP contribution < -0.4 is 5.32 Å². The number of carbonyl (C=O) groups is 1. The Kier molecular flexibility index (Phi) is 2.96. The Morgan fingerprint density at radius 1 is 1.10 bits per heavy atom. The quantitative estimate of drug-likeness (QED) is 0.757. The number of rotatable bonds is 3. The third-order valence-corrected chi connectivity index (χ3v) is 2.78. The molecule has 0 aliphatic rings. The van der Waals surface area contributed by atoms with Crippen molar-refractivity contribution in [2.75, 3.05) is 5.32 Å². The average Bonchev–Trinajstić information content (AvgIpc) is 2.48. The molecule has 0 unspecified atom stereocenters. The Morgan fingerprint density at radius 3 is 2.85 bits per heavy atom. The third-order valence-electron chi connectivity index (χ3n) is 2.78. The van der Waals surface area contributed by atoms with Crippen molar-refractivity contribution in [1.29, 1.82) is 0 Å². The van der Waals surface area contributed by atoms with Crippen LogP contribution in [0.3, 0.4) is 0 Å². The summed E-state index contributed by atoms with van der Waals surface area (Å²) in [4.78, 5) is 23.3. The highest BCUT2D eigenvalue weighted by molar-refractivity contribution is 5.91. The van der Waals surface area contributed by atoms with Crippen molar-refractivity contribution < 1.29 is 9.90 Å². The van der Waals surface area contributed by atoms with Gasteiger partial charge in [-0.1, -0.05) is 6.07 Å². The third kappa shape index (κ3) is 2.26. The number of benzene rings is 1. The molecule has 6 heteroatoms. The van der Waals surface area contributed by atoms with Gasteiger partial charge >= 0.3 is 5.97 Å². The van der Waals surface area contributed by atoms with Crippen LogP contribution in [-0.2, 0) is 0 Å². The topological polar surface area (TPSA) is 88.0 Å². The van der Waals surface area contributed by atoms with Crippen LogP contribution in [0.25, 0.3) is 11.0 Å². The van der Waals surface area contributed by atoms with Crippen LogP contribution in [0.15, 0.2) is 48.9 Å². The fourth-order valence-electron chi connectivity index (χ4n) is 1.86. The number of nitrogens with zero attached hydrogens (tertiary/aromatic N) is 3. The number of nitrogens with one attached hydrogen (secondary N) is 1. The lowest BCUT2D eigenvalue weighted by Gasteiger charge is -2.08. The van der Waals surface area contributed by atoms with Gasteiger partial charge in [-0.2, -0.15) is 0 Å². The van der Waals surface area contributed by atoms with E-state index in [-0.39, 0.29) is 5.56 Å². The molecule has 0 saturated carbocycles. The van der Waals surface area contributed by atoms with E-state index in [1.165, 1.54) is 12.4 Å². The molecule has 0 aliphatic carbocycles. The van der Waals surface area contributed by atoms with Gasteiger partial charge in [0.05, 0.1) is 10.9 Å². The molecule has 1 aromatic carbocycles. The molecular formula is C14H10N4O2. The maximum absolute atomic E-state index is 11.0. The van der Waals surface area contributed by atoms with E-state index in [0.717, 1.165) is 5.39 Å². The summed E-state index contributed by atoms with van der Waals surface area (Å²) in [5.74, 6) is -0.381. The molecular weight excluding hydrogens is 256 g/mol. The molecule has 0 spiro atoms. The predicted molar refractivity (Wildman–Crippen MR) is 74.0 cm³/mol. The van der Waals surface area contributed by atoms with Gasteiger partial charge in [-0.25, -0.2) is 19.7 Å². The molecule has 0 fully saturated rings. The fraction of sp³-hybridized carbons (Fsp3) is 0. The maximum Gasteiger partial charge on any atom is 0.335 e. The van der Waals surface area contributed by atoms with Gasteiger partial charge < -0.3 is 10.4 Å². The van der Waals surface area contributed by atoms with Crippen molar-refractivity contribution in [2.24, 2.45) is 0 Å². The zero-order valence-corrected chi connectivity index (χ0v) is 10.3. The number of aromatic nitrogens is 3. The smallest absolute Gasteiger partial charge is 0.335 e. The number of pyridine rings is 1. The van der Waals surface area contributed by atoms with Crippen LogP contribution in [-0.4, -0.2) is 26.0 Å². The SMILES string of the molecule is O=C(O)c1cccc(Nc2ncnc3ncccc23)c1. The number of hydrogen-bond acceptors (Lipinski definition) is 5. The zero-order chi connectivity index (χ0) is 13.9. The van der Waals surface area contributed by atoms with E-state index in [1.54, 1.807) is 30.5 Å². The molecule has 3 rings (SSSR count). The number of aromatic carboxylic acids is 1. The van der Waals surface area contributed by atoms with Gasteiger partial charge in [0.15, 0.2) is 5.65 Å². The van der Waals surface area contributed by atoms with Gasteiger partial charge in [-0.3, -0.25) is 0 Å². The minimum Gasteiger partial charge on any atom is -0.478 e. The van der Waals surface area contributed by atoms with Gasteiger partial charge in [0.2, 0.25) is 0 Å². The summed E-state index contributed by atoms with van der Waals surface area (Å²) in [6.45, 7) is 0. The van der Waals surface area contributed by atoms with Gasteiger partial charge in [0, 0.05) is 11.9 Å². The highest BCUT2D eigenvalue weighted by Crippen LogP contribution is 2.21. The molecule has 2 N–H and O–H groups in total. The Labute approximate surface area is 114 Å². The van der Waals surface area contributed by atoms with Crippen LogP contribution in [0.4, 0.5) is 11.5 Å². The van der Waals surface area contributed by atoms with E-state index in [1.807, 2.05) is 6.07 Å². The van der Waals surface area contributed by atoms with Crippen molar-refractivity contribution >= 4 is 28.5 Å². The largest absolute Gasteiger partial charge is 0.478 e. The summed E-state index contributed by atoms with van der Waals surface area (Å²) < 4.78 is 0. The molecule has 0 bridgehead atoms. The van der Waals surface area contributed by atoms with Gasteiger partial charge in [0.25, 0.3) is 0 Å². The second-order valence-electron chi connectivity index (χ2n) is 4.11. The van der Waals surface area contributed by atoms with Gasteiger partial charge in [-0.05, 0) is 30.3 Å². The van der Waals surface area contributed by atoms with Crippen LogP contribution in [0.1, 0.15) is 10.4 Å². The first-order valence-electron chi connectivity index (χ1n) is 5.90. The minimum atomic E-state index is -0.970. The number of carboxylic acids is 1. The van der Waals surface area contributed by atoms with Crippen LogP contribution in [0, 0.1) is 0 Å². The van der Waals surface area contributed by atoms with Crippen molar-refractivity contribution in [1.82, 2.24) is 15.0 Å². The zero-order valence-electron chi connectivity index (χ0n) is 10.3. The maximum atomic E-state index is 11.0. The van der Waals surface area contributed by atoms with E-state index >= 15 is 0 Å². The lowest BCUT2D eigenvalue weighted by atomic mass is 10.2. The van der Waals surface area contributed by atoms with E-state index in [4.69, 9.17) is 5.11 Å². The lowest BCUT2D eigenvalue weighted by Crippen LogP contribution is -2.00. The lowest BCUT2D eigenvalue weighted by molar-refractivity contribution is 0.0697. The Bertz CT molecular complexity index is 783. The van der Waals surface area contributed by atoms with E-state index in [0.29, 0.717) is 17.2 Å². The predicted octanol–water partition coefficient (Wildman–Crippen LogP) is 2.47. The van der Waals surface area contributed by atoms with Crippen molar-refractivity contribution in [3.8, 4) is 0 Å². The van der Waals surface area contributed by atoms with Gasteiger partial charge in [0.1, 0.15) is 12.1 Å². The van der Waals surface area contributed by atoms with E-state index in [9.17, 15) is 4.79 Å². The second kappa shape index (κ2) is 4.93. The molecule has 98 valence electrons. The van der Waals surface area contributed by atoms with E-state index < -0.39 is 5.97 Å². The molecule has 0 atom stereocenters. The molecule has 2 aromatic heterocycles. The number of hydrogen-bond donors (Lipinski definition) is 2. The molecule has 3 aromatic rings. The monoisotopic (exact) mass is 266 g/mol. The first-order valence-corrected chi connectivity index (χ1v) is 5.90. The summed E-state index contributed by atoms with van der Waals surface area (Å²) in [6, 6.07) is 10.2. The average molecular weight is 266 g/mol. The molecule has 0 amide bonds. The highest BCUT2D eigenvalue weighted by atomic mass is 16.4. The molecule has 0 radical (unpaired) electrons. The Hall–Kier alpha value is -3.02. The highest BCUT2D eigenvalue weighted by Gasteiger charge is 2.06. The summed E-state index contributed by atoms with van der Waals surface area (Å²) in [5.41, 5.74) is 1.44. The van der Waals surface area contributed by atoms with Crippen LogP contribution >= 0.6 is 0 Å². The van der Waals surface area contributed by atoms with Crippen LogP contribution in [0.5, 0.6) is 0 Å². The molecule has 6 nitrogen and oxygen atoms in total. The molecule has 20 heavy (non-hydrogen) atoms. The minimum absolute atomic E-state index is 0.214. The summed E-state index contributed by atoms with van der Waals surface area (Å²) in [5, 5.41) is 12.8. The standard InChI is InChI=1S/C14H10N4O2/c19-14(20)9-3-1-4-10(7-9)18-13-11-5-2-6-15-12(11)16-8-17-13/h1-8H,(H,19,20)(H,15,16,17,18). The normalized spacial score (nSPS) is 10.4. The molecule has 0 aliphatic heterocycles. The van der Waals surface area contributed by atoms with Crippen molar-refractivity contribution in [2.45, 2.75) is 0 Å². The second-order valence-corrected chi connectivity index (χ2v) is 4.11. The van der Waals surface area contributed by atoms with Crippen LogP contribution in [0.2, 0.25) is 0 Å².